The summed E-state index contributed by atoms with van der Waals surface area (Å²) in [7, 11) is -1.04. The van der Waals surface area contributed by atoms with E-state index in [2.05, 4.69) is 10.0 Å². The minimum Gasteiger partial charge on any atom is -0.497 e. The number of carbonyl (C=O) groups is 1. The number of non-ortho nitro benzene ring substituents is 1. The summed E-state index contributed by atoms with van der Waals surface area (Å²) in [5, 5.41) is 13.3. The molecule has 0 atom stereocenters. The fourth-order valence-corrected chi connectivity index (χ4v) is 3.94. The number of methoxy groups -OCH3 is 2. The highest BCUT2D eigenvalue weighted by Crippen LogP contribution is 2.31. The third-order valence-electron chi connectivity index (χ3n) is 4.61. The second kappa shape index (κ2) is 10.5. The molecule has 2 N–H and O–H groups in total. The summed E-state index contributed by atoms with van der Waals surface area (Å²) in [6, 6.07) is 16.1. The van der Waals surface area contributed by atoms with E-state index in [4.69, 9.17) is 9.47 Å². The van der Waals surface area contributed by atoms with E-state index < -0.39 is 20.9 Å². The van der Waals surface area contributed by atoms with Crippen LogP contribution in [0.3, 0.4) is 0 Å². The van der Waals surface area contributed by atoms with Crippen LogP contribution in [0.25, 0.3) is 6.08 Å². The number of nitro groups is 1. The van der Waals surface area contributed by atoms with Crippen LogP contribution in [0.5, 0.6) is 11.5 Å². The zero-order valence-electron chi connectivity index (χ0n) is 18.2. The Bertz CT molecular complexity index is 1320. The first kappa shape index (κ1) is 24.3. The molecule has 0 fully saturated rings. The molecule has 0 aliphatic heterocycles. The van der Waals surface area contributed by atoms with Crippen molar-refractivity contribution in [2.45, 2.75) is 4.90 Å². The molecule has 0 saturated carbocycles. The summed E-state index contributed by atoms with van der Waals surface area (Å²) in [5.74, 6) is 0.333. The highest BCUT2D eigenvalue weighted by Gasteiger charge is 2.17. The standard InChI is InChI=1S/C23H21N3O7S/c1-32-19-10-13-22(33-2)21(15-19)25-34(30,31)20-11-6-17(7-12-20)24-23(27)14-5-16-3-8-18(9-4-16)26(28)29/h3-15,25H,1-2H3,(H,24,27)/b14-5+. The monoisotopic (exact) mass is 483 g/mol. The molecule has 0 unspecified atom stereocenters. The van der Waals surface area contributed by atoms with Gasteiger partial charge in [0.15, 0.2) is 0 Å². The summed E-state index contributed by atoms with van der Waals surface area (Å²) in [6.07, 6.45) is 2.77. The van der Waals surface area contributed by atoms with E-state index in [1.165, 1.54) is 81.0 Å². The average Bonchev–Trinajstić information content (AvgIpc) is 2.83. The van der Waals surface area contributed by atoms with Gasteiger partial charge >= 0.3 is 0 Å². The predicted octanol–water partition coefficient (Wildman–Crippen LogP) is 4.06. The largest absolute Gasteiger partial charge is 0.497 e. The van der Waals surface area contributed by atoms with E-state index in [0.29, 0.717) is 22.7 Å². The van der Waals surface area contributed by atoms with Gasteiger partial charge in [0, 0.05) is 30.0 Å². The average molecular weight is 484 g/mol. The topological polar surface area (TPSA) is 137 Å². The van der Waals surface area contributed by atoms with Crippen LogP contribution < -0.4 is 19.5 Å². The van der Waals surface area contributed by atoms with Crippen LogP contribution in [0.4, 0.5) is 17.1 Å². The SMILES string of the molecule is COc1ccc(OC)c(NS(=O)(=O)c2ccc(NC(=O)/C=C/c3ccc([N+](=O)[O-])cc3)cc2)c1. The molecule has 10 nitrogen and oxygen atoms in total. The number of hydrogen-bond donors (Lipinski definition) is 2. The van der Waals surface area contributed by atoms with Crippen molar-refractivity contribution in [1.29, 1.82) is 0 Å². The first-order valence-electron chi connectivity index (χ1n) is 9.80. The lowest BCUT2D eigenvalue weighted by molar-refractivity contribution is -0.384. The highest BCUT2D eigenvalue weighted by molar-refractivity contribution is 7.92. The van der Waals surface area contributed by atoms with Crippen molar-refractivity contribution in [3.63, 3.8) is 0 Å². The number of nitro benzene ring substituents is 1. The molecule has 0 aliphatic rings. The van der Waals surface area contributed by atoms with Gasteiger partial charge in [-0.05, 0) is 60.2 Å². The molecular weight excluding hydrogens is 462 g/mol. The van der Waals surface area contributed by atoms with Crippen molar-refractivity contribution in [3.05, 3.63) is 88.5 Å². The van der Waals surface area contributed by atoms with Crippen molar-refractivity contribution in [1.82, 2.24) is 0 Å². The van der Waals surface area contributed by atoms with Gasteiger partial charge in [-0.15, -0.1) is 0 Å². The lowest BCUT2D eigenvalue weighted by Gasteiger charge is -2.13. The van der Waals surface area contributed by atoms with E-state index in [-0.39, 0.29) is 16.3 Å². The lowest BCUT2D eigenvalue weighted by atomic mass is 10.2. The zero-order chi connectivity index (χ0) is 24.7. The number of anilines is 2. The van der Waals surface area contributed by atoms with Gasteiger partial charge < -0.3 is 14.8 Å². The van der Waals surface area contributed by atoms with Gasteiger partial charge in [0.25, 0.3) is 15.7 Å². The molecule has 176 valence electrons. The fraction of sp³-hybridized carbons (Fsp3) is 0.0870. The molecule has 0 aromatic heterocycles. The Kier molecular flexibility index (Phi) is 7.49. The normalized spacial score (nSPS) is 11.1. The second-order valence-electron chi connectivity index (χ2n) is 6.87. The number of hydrogen-bond acceptors (Lipinski definition) is 7. The molecule has 0 aliphatic carbocycles. The Labute approximate surface area is 196 Å². The molecular formula is C23H21N3O7S. The first-order chi connectivity index (χ1) is 16.2. The van der Waals surface area contributed by atoms with Crippen LogP contribution in [0.15, 0.2) is 77.7 Å². The number of amides is 1. The number of carbonyl (C=O) groups excluding carboxylic acids is 1. The Hall–Kier alpha value is -4.38. The number of rotatable bonds is 9. The van der Waals surface area contributed by atoms with Crippen molar-refractivity contribution in [3.8, 4) is 11.5 Å². The smallest absolute Gasteiger partial charge is 0.269 e. The molecule has 3 aromatic carbocycles. The predicted molar refractivity (Wildman–Crippen MR) is 128 cm³/mol. The number of benzene rings is 3. The van der Waals surface area contributed by atoms with Gasteiger partial charge in [-0.2, -0.15) is 0 Å². The molecule has 0 spiro atoms. The van der Waals surface area contributed by atoms with Crippen LogP contribution in [0.2, 0.25) is 0 Å². The molecule has 11 heteroatoms. The van der Waals surface area contributed by atoms with Crippen LogP contribution >= 0.6 is 0 Å². The quantitative estimate of drug-likeness (QED) is 0.266. The van der Waals surface area contributed by atoms with Crippen molar-refractivity contribution < 1.29 is 27.6 Å². The molecule has 3 rings (SSSR count). The van der Waals surface area contributed by atoms with E-state index in [1.807, 2.05) is 0 Å². The summed E-state index contributed by atoms with van der Waals surface area (Å²) in [5.41, 5.74) is 1.17. The summed E-state index contributed by atoms with van der Waals surface area (Å²) >= 11 is 0. The van der Waals surface area contributed by atoms with Crippen molar-refractivity contribution in [2.75, 3.05) is 24.3 Å². The molecule has 34 heavy (non-hydrogen) atoms. The fourth-order valence-electron chi connectivity index (χ4n) is 2.88. The minimum absolute atomic E-state index is 0.0169. The van der Waals surface area contributed by atoms with Gasteiger partial charge in [0.1, 0.15) is 11.5 Å². The van der Waals surface area contributed by atoms with Crippen molar-refractivity contribution >= 4 is 39.1 Å². The van der Waals surface area contributed by atoms with Gasteiger partial charge in [-0.25, -0.2) is 8.42 Å². The maximum atomic E-state index is 12.8. The van der Waals surface area contributed by atoms with E-state index in [9.17, 15) is 23.3 Å². The van der Waals surface area contributed by atoms with E-state index >= 15 is 0 Å². The van der Waals surface area contributed by atoms with Crippen LogP contribution in [-0.2, 0) is 14.8 Å². The number of ether oxygens (including phenoxy) is 2. The summed E-state index contributed by atoms with van der Waals surface area (Å²) < 4.78 is 38.3. The Balaban J connectivity index is 1.67. The third-order valence-corrected chi connectivity index (χ3v) is 6.00. The Morgan fingerprint density at radius 1 is 0.971 bits per heavy atom. The lowest BCUT2D eigenvalue weighted by Crippen LogP contribution is -2.14. The van der Waals surface area contributed by atoms with E-state index in [0.717, 1.165) is 0 Å². The van der Waals surface area contributed by atoms with Crippen LogP contribution in [-0.4, -0.2) is 33.5 Å². The maximum absolute atomic E-state index is 12.8. The number of sulfonamides is 1. The van der Waals surface area contributed by atoms with Gasteiger partial charge in [-0.1, -0.05) is 0 Å². The highest BCUT2D eigenvalue weighted by atomic mass is 32.2. The first-order valence-corrected chi connectivity index (χ1v) is 11.3. The Morgan fingerprint density at radius 2 is 1.65 bits per heavy atom. The van der Waals surface area contributed by atoms with Crippen LogP contribution in [0, 0.1) is 10.1 Å². The summed E-state index contributed by atoms with van der Waals surface area (Å²) in [4.78, 5) is 22.3. The third kappa shape index (κ3) is 6.11. The Morgan fingerprint density at radius 3 is 2.24 bits per heavy atom. The van der Waals surface area contributed by atoms with E-state index in [1.54, 1.807) is 12.1 Å². The second-order valence-corrected chi connectivity index (χ2v) is 8.55. The van der Waals surface area contributed by atoms with Gasteiger partial charge in [0.2, 0.25) is 5.91 Å². The molecule has 0 bridgehead atoms. The summed E-state index contributed by atoms with van der Waals surface area (Å²) in [6.45, 7) is 0. The zero-order valence-corrected chi connectivity index (χ0v) is 19.0. The molecule has 0 saturated heterocycles. The minimum atomic E-state index is -3.93. The van der Waals surface area contributed by atoms with Crippen LogP contribution in [0.1, 0.15) is 5.56 Å². The molecule has 3 aromatic rings. The van der Waals surface area contributed by atoms with Gasteiger partial charge in [-0.3, -0.25) is 19.6 Å². The van der Waals surface area contributed by atoms with Crippen molar-refractivity contribution in [2.24, 2.45) is 0 Å². The number of nitrogens with zero attached hydrogens (tertiary/aromatic N) is 1. The van der Waals surface area contributed by atoms with Gasteiger partial charge in [0.05, 0.1) is 29.7 Å². The number of nitrogens with one attached hydrogen (secondary N) is 2. The molecule has 1 amide bonds. The maximum Gasteiger partial charge on any atom is 0.269 e. The molecule has 0 heterocycles. The molecule has 0 radical (unpaired) electrons.